The van der Waals surface area contributed by atoms with E-state index in [1.807, 2.05) is 19.1 Å². The molecule has 1 heterocycles. The Labute approximate surface area is 182 Å². The van der Waals surface area contributed by atoms with Crippen LogP contribution in [0.4, 0.5) is 10.5 Å². The van der Waals surface area contributed by atoms with E-state index in [4.69, 9.17) is 21.1 Å². The van der Waals surface area contributed by atoms with Crippen LogP contribution in [0.2, 0.25) is 5.02 Å². The number of halogens is 2. The number of urea groups is 1. The van der Waals surface area contributed by atoms with Crippen LogP contribution < -0.4 is 19.7 Å². The average molecular weight is 480 g/mol. The van der Waals surface area contributed by atoms with E-state index < -0.39 is 11.9 Å². The van der Waals surface area contributed by atoms with Crippen LogP contribution >= 0.6 is 27.5 Å². The first kappa shape index (κ1) is 21.2. The molecule has 0 atom stereocenters. The number of ether oxygens (including phenoxy) is 2. The third-order valence-electron chi connectivity index (χ3n) is 4.42. The van der Waals surface area contributed by atoms with E-state index in [1.54, 1.807) is 37.5 Å². The predicted octanol–water partition coefficient (Wildman–Crippen LogP) is 4.57. The summed E-state index contributed by atoms with van der Waals surface area (Å²) in [5.41, 5.74) is 2.73. The summed E-state index contributed by atoms with van der Waals surface area (Å²) in [6.45, 7) is 2.53. The summed E-state index contributed by atoms with van der Waals surface area (Å²) in [5, 5.41) is 3.64. The smallest absolute Gasteiger partial charge is 0.329 e. The number of carbonyl (C=O) groups is 2. The number of imide groups is 1. The molecule has 29 heavy (non-hydrogen) atoms. The lowest BCUT2D eigenvalue weighted by atomic mass is 10.1. The summed E-state index contributed by atoms with van der Waals surface area (Å²) in [5.74, 6) is 0.756. The van der Waals surface area contributed by atoms with Gasteiger partial charge in [-0.25, -0.2) is 4.79 Å². The van der Waals surface area contributed by atoms with Gasteiger partial charge < -0.3 is 9.47 Å². The lowest BCUT2D eigenvalue weighted by Crippen LogP contribution is -2.51. The van der Waals surface area contributed by atoms with E-state index in [1.165, 1.54) is 4.90 Å². The highest BCUT2D eigenvalue weighted by molar-refractivity contribution is 9.09. The molecule has 1 saturated heterocycles. The van der Waals surface area contributed by atoms with Crippen molar-refractivity contribution >= 4 is 51.2 Å². The topological polar surface area (TPSA) is 67.9 Å². The standard InChI is InChI=1S/C21H20BrClN2O4/c1-13-3-5-16(11-17(13)23)25-12-15(20(26)24-21(25)27)9-14-4-6-18(29-8-7-22)19(10-14)28-2/h3-6,9-11H,7-8,12H2,1-2H3,(H,24,26,27). The molecule has 0 radical (unpaired) electrons. The minimum atomic E-state index is -0.483. The van der Waals surface area contributed by atoms with Gasteiger partial charge in [-0.2, -0.15) is 0 Å². The molecule has 3 rings (SSSR count). The number of nitrogens with zero attached hydrogens (tertiary/aromatic N) is 1. The van der Waals surface area contributed by atoms with Crippen molar-refractivity contribution in [2.75, 3.05) is 30.5 Å². The van der Waals surface area contributed by atoms with Crippen molar-refractivity contribution in [3.63, 3.8) is 0 Å². The van der Waals surface area contributed by atoms with E-state index in [-0.39, 0.29) is 6.54 Å². The van der Waals surface area contributed by atoms with Crippen LogP contribution in [-0.4, -0.2) is 37.5 Å². The van der Waals surface area contributed by atoms with Crippen LogP contribution in [0.25, 0.3) is 6.08 Å². The Hall–Kier alpha value is -2.51. The third-order valence-corrected chi connectivity index (χ3v) is 5.15. The van der Waals surface area contributed by atoms with Gasteiger partial charge in [0.1, 0.15) is 0 Å². The highest BCUT2D eigenvalue weighted by atomic mass is 79.9. The number of methoxy groups -OCH3 is 1. The molecule has 0 aliphatic carbocycles. The zero-order valence-electron chi connectivity index (χ0n) is 16.0. The maximum absolute atomic E-state index is 12.4. The van der Waals surface area contributed by atoms with E-state index in [0.29, 0.717) is 39.7 Å². The lowest BCUT2D eigenvalue weighted by Gasteiger charge is -2.28. The summed E-state index contributed by atoms with van der Waals surface area (Å²) < 4.78 is 11.0. The van der Waals surface area contributed by atoms with Gasteiger partial charge in [0, 0.05) is 21.6 Å². The van der Waals surface area contributed by atoms with Crippen LogP contribution in [0.1, 0.15) is 11.1 Å². The van der Waals surface area contributed by atoms with E-state index >= 15 is 0 Å². The van der Waals surface area contributed by atoms with Crippen molar-refractivity contribution in [1.29, 1.82) is 0 Å². The third kappa shape index (κ3) is 4.92. The summed E-state index contributed by atoms with van der Waals surface area (Å²) in [6, 6.07) is 10.3. The second-order valence-electron chi connectivity index (χ2n) is 6.40. The Bertz CT molecular complexity index is 977. The van der Waals surface area contributed by atoms with Gasteiger partial charge in [0.2, 0.25) is 0 Å². The number of anilines is 1. The van der Waals surface area contributed by atoms with Gasteiger partial charge in [-0.1, -0.05) is 39.7 Å². The second-order valence-corrected chi connectivity index (χ2v) is 7.60. The van der Waals surface area contributed by atoms with Gasteiger partial charge in [-0.05, 0) is 48.4 Å². The van der Waals surface area contributed by atoms with Gasteiger partial charge in [-0.3, -0.25) is 15.0 Å². The summed E-state index contributed by atoms with van der Waals surface area (Å²) >= 11 is 9.51. The molecule has 0 saturated carbocycles. The quantitative estimate of drug-likeness (QED) is 0.487. The number of benzene rings is 2. The fraction of sp³-hybridized carbons (Fsp3) is 0.238. The minimum Gasteiger partial charge on any atom is -0.493 e. The van der Waals surface area contributed by atoms with Crippen LogP contribution in [0.15, 0.2) is 42.0 Å². The number of rotatable bonds is 6. The molecule has 3 amide bonds. The van der Waals surface area contributed by atoms with E-state index in [9.17, 15) is 9.59 Å². The Kier molecular flexibility index (Phi) is 6.82. The predicted molar refractivity (Wildman–Crippen MR) is 117 cm³/mol. The zero-order valence-corrected chi connectivity index (χ0v) is 18.3. The molecule has 2 aromatic rings. The van der Waals surface area contributed by atoms with Crippen molar-refractivity contribution in [2.45, 2.75) is 6.92 Å². The maximum Gasteiger partial charge on any atom is 0.329 e. The monoisotopic (exact) mass is 478 g/mol. The fourth-order valence-corrected chi connectivity index (χ4v) is 3.21. The number of nitrogens with one attached hydrogen (secondary N) is 1. The Balaban J connectivity index is 1.88. The minimum absolute atomic E-state index is 0.133. The number of alkyl halides is 1. The average Bonchev–Trinajstić information content (AvgIpc) is 2.71. The molecule has 1 N–H and O–H groups in total. The normalized spacial score (nSPS) is 15.4. The van der Waals surface area contributed by atoms with Crippen LogP contribution in [0.5, 0.6) is 11.5 Å². The maximum atomic E-state index is 12.4. The Morgan fingerprint density at radius 3 is 2.69 bits per heavy atom. The molecule has 0 bridgehead atoms. The number of aryl methyl sites for hydroxylation is 1. The molecule has 152 valence electrons. The Morgan fingerprint density at radius 2 is 2.00 bits per heavy atom. The SMILES string of the molecule is COc1cc(C=C2CN(c3ccc(C)c(Cl)c3)C(=O)NC2=O)ccc1OCCBr. The molecule has 2 aromatic carbocycles. The molecule has 8 heteroatoms. The second kappa shape index (κ2) is 9.33. The van der Waals surface area contributed by atoms with Crippen LogP contribution in [-0.2, 0) is 4.79 Å². The number of hydrogen-bond acceptors (Lipinski definition) is 4. The van der Waals surface area contributed by atoms with Crippen molar-refractivity contribution in [2.24, 2.45) is 0 Å². The summed E-state index contributed by atoms with van der Waals surface area (Å²) in [6.07, 6.45) is 1.72. The lowest BCUT2D eigenvalue weighted by molar-refractivity contribution is -0.116. The first-order valence-corrected chi connectivity index (χ1v) is 10.4. The number of hydrogen-bond donors (Lipinski definition) is 1. The van der Waals surface area contributed by atoms with Gasteiger partial charge in [0.05, 0.1) is 20.3 Å². The zero-order chi connectivity index (χ0) is 21.0. The van der Waals surface area contributed by atoms with Gasteiger partial charge in [0.15, 0.2) is 11.5 Å². The molecule has 0 spiro atoms. The first-order valence-electron chi connectivity index (χ1n) is 8.89. The van der Waals surface area contributed by atoms with E-state index in [2.05, 4.69) is 21.2 Å². The molecule has 1 aliphatic rings. The van der Waals surface area contributed by atoms with Crippen molar-refractivity contribution in [3.8, 4) is 11.5 Å². The van der Waals surface area contributed by atoms with E-state index in [0.717, 1.165) is 11.1 Å². The highest BCUT2D eigenvalue weighted by Gasteiger charge is 2.28. The molecule has 1 fully saturated rings. The van der Waals surface area contributed by atoms with Gasteiger partial charge >= 0.3 is 6.03 Å². The molecular weight excluding hydrogens is 460 g/mol. The summed E-state index contributed by atoms with van der Waals surface area (Å²) in [7, 11) is 1.56. The van der Waals surface area contributed by atoms with Crippen molar-refractivity contribution < 1.29 is 19.1 Å². The van der Waals surface area contributed by atoms with Crippen LogP contribution in [0.3, 0.4) is 0 Å². The largest absolute Gasteiger partial charge is 0.493 e. The summed E-state index contributed by atoms with van der Waals surface area (Å²) in [4.78, 5) is 26.2. The highest BCUT2D eigenvalue weighted by Crippen LogP contribution is 2.30. The van der Waals surface area contributed by atoms with Crippen molar-refractivity contribution in [3.05, 3.63) is 58.1 Å². The number of amides is 3. The molecule has 1 aliphatic heterocycles. The van der Waals surface area contributed by atoms with Crippen LogP contribution in [0, 0.1) is 6.92 Å². The first-order chi connectivity index (χ1) is 13.9. The fourth-order valence-electron chi connectivity index (χ4n) is 2.87. The van der Waals surface area contributed by atoms with Crippen molar-refractivity contribution in [1.82, 2.24) is 5.32 Å². The molecule has 6 nitrogen and oxygen atoms in total. The molecule has 0 aromatic heterocycles. The number of carbonyl (C=O) groups excluding carboxylic acids is 2. The molecular formula is C21H20BrClN2O4. The molecule has 0 unspecified atom stereocenters. The Morgan fingerprint density at radius 1 is 1.21 bits per heavy atom. The van der Waals surface area contributed by atoms with Gasteiger partial charge in [0.25, 0.3) is 5.91 Å². The van der Waals surface area contributed by atoms with Gasteiger partial charge in [-0.15, -0.1) is 0 Å².